The van der Waals surface area contributed by atoms with E-state index in [0.29, 0.717) is 25.8 Å². The Morgan fingerprint density at radius 2 is 1.90 bits per heavy atom. The highest BCUT2D eigenvalue weighted by Gasteiger charge is 2.36. The largest absolute Gasteiger partial charge is 0.445 e. The van der Waals surface area contributed by atoms with Crippen LogP contribution in [0.4, 0.5) is 4.79 Å². The van der Waals surface area contributed by atoms with Crippen molar-refractivity contribution in [2.24, 2.45) is 5.92 Å². The third kappa shape index (κ3) is 7.56. The zero-order valence-corrected chi connectivity index (χ0v) is 17.8. The molecule has 10 heteroatoms. The van der Waals surface area contributed by atoms with Crippen molar-refractivity contribution in [2.45, 2.75) is 51.8 Å². The molecule has 4 amide bonds. The number of hydrogen-bond donors (Lipinski definition) is 4. The highest BCUT2D eigenvalue weighted by Crippen LogP contribution is 2.20. The summed E-state index contributed by atoms with van der Waals surface area (Å²) in [6.07, 6.45) is 0.889. The van der Waals surface area contributed by atoms with Crippen LogP contribution >= 0.6 is 0 Å². The molecule has 0 aromatic heterocycles. The summed E-state index contributed by atoms with van der Waals surface area (Å²) in [5, 5.41) is 13.6. The molecule has 1 aromatic rings. The van der Waals surface area contributed by atoms with Gasteiger partial charge in [0, 0.05) is 6.54 Å². The second-order valence-electron chi connectivity index (χ2n) is 7.84. The van der Waals surface area contributed by atoms with Crippen LogP contribution < -0.4 is 16.1 Å². The van der Waals surface area contributed by atoms with Gasteiger partial charge in [0.1, 0.15) is 18.7 Å². The van der Waals surface area contributed by atoms with E-state index in [1.54, 1.807) is 0 Å². The molecule has 31 heavy (non-hydrogen) atoms. The summed E-state index contributed by atoms with van der Waals surface area (Å²) in [4.78, 5) is 50.3. The fourth-order valence-corrected chi connectivity index (χ4v) is 3.36. The first kappa shape index (κ1) is 24.1. The summed E-state index contributed by atoms with van der Waals surface area (Å²) in [6.45, 7) is 3.88. The Kier molecular flexibility index (Phi) is 9.26. The minimum absolute atomic E-state index is 0.0956. The molecule has 2 atom stereocenters. The third-order valence-corrected chi connectivity index (χ3v) is 4.88. The summed E-state index contributed by atoms with van der Waals surface area (Å²) in [7, 11) is 0. The lowest BCUT2D eigenvalue weighted by atomic mass is 10.0. The van der Waals surface area contributed by atoms with Gasteiger partial charge in [0.15, 0.2) is 0 Å². The van der Waals surface area contributed by atoms with E-state index in [9.17, 15) is 19.2 Å². The van der Waals surface area contributed by atoms with Crippen LogP contribution in [-0.4, -0.2) is 59.1 Å². The van der Waals surface area contributed by atoms with E-state index in [2.05, 4.69) is 10.6 Å². The monoisotopic (exact) mass is 434 g/mol. The maximum atomic E-state index is 12.9. The number of hydroxylamine groups is 1. The van der Waals surface area contributed by atoms with Crippen molar-refractivity contribution in [1.29, 1.82) is 0 Å². The summed E-state index contributed by atoms with van der Waals surface area (Å²) >= 11 is 0. The van der Waals surface area contributed by atoms with E-state index in [4.69, 9.17) is 9.94 Å². The van der Waals surface area contributed by atoms with Crippen LogP contribution in [0, 0.1) is 5.92 Å². The molecule has 0 spiro atoms. The second-order valence-corrected chi connectivity index (χ2v) is 7.84. The first-order valence-corrected chi connectivity index (χ1v) is 10.3. The lowest BCUT2D eigenvalue weighted by molar-refractivity contribution is -0.133. The third-order valence-electron chi connectivity index (χ3n) is 4.88. The van der Waals surface area contributed by atoms with E-state index >= 15 is 0 Å². The van der Waals surface area contributed by atoms with Gasteiger partial charge < -0.3 is 15.4 Å². The number of carbonyl (C=O) groups excluding carboxylic acids is 4. The lowest BCUT2D eigenvalue weighted by Gasteiger charge is -2.26. The molecule has 0 bridgehead atoms. The Morgan fingerprint density at radius 1 is 1.19 bits per heavy atom. The number of likely N-dealkylation sites (tertiary alicyclic amines) is 1. The van der Waals surface area contributed by atoms with Crippen LogP contribution in [0.25, 0.3) is 0 Å². The van der Waals surface area contributed by atoms with Gasteiger partial charge in [0.05, 0.1) is 6.54 Å². The number of hydrogen-bond acceptors (Lipinski definition) is 6. The molecule has 1 saturated heterocycles. The van der Waals surface area contributed by atoms with Gasteiger partial charge in [0.2, 0.25) is 11.8 Å². The molecule has 1 fully saturated rings. The van der Waals surface area contributed by atoms with Gasteiger partial charge in [-0.1, -0.05) is 44.2 Å². The fourth-order valence-electron chi connectivity index (χ4n) is 3.36. The van der Waals surface area contributed by atoms with Crippen molar-refractivity contribution in [2.75, 3.05) is 13.1 Å². The average Bonchev–Trinajstić information content (AvgIpc) is 3.25. The Labute approximate surface area is 181 Å². The van der Waals surface area contributed by atoms with Gasteiger partial charge in [-0.2, -0.15) is 0 Å². The molecule has 170 valence electrons. The molecule has 1 aromatic carbocycles. The number of amides is 4. The molecule has 4 N–H and O–H groups in total. The number of carbonyl (C=O) groups is 4. The summed E-state index contributed by atoms with van der Waals surface area (Å²) in [5.74, 6) is -1.66. The summed E-state index contributed by atoms with van der Waals surface area (Å²) in [5.41, 5.74) is 2.27. The quantitative estimate of drug-likeness (QED) is 0.337. The summed E-state index contributed by atoms with van der Waals surface area (Å²) < 4.78 is 5.35. The van der Waals surface area contributed by atoms with Crippen molar-refractivity contribution in [3.05, 3.63) is 35.9 Å². The minimum Gasteiger partial charge on any atom is -0.445 e. The van der Waals surface area contributed by atoms with E-state index < -0.39 is 42.4 Å². The molecule has 2 unspecified atom stereocenters. The number of nitrogens with zero attached hydrogens (tertiary/aromatic N) is 1. The summed E-state index contributed by atoms with van der Waals surface area (Å²) in [6, 6.07) is 7.64. The van der Waals surface area contributed by atoms with Gasteiger partial charge in [-0.05, 0) is 30.7 Å². The van der Waals surface area contributed by atoms with Crippen LogP contribution in [0.1, 0.15) is 38.7 Å². The van der Waals surface area contributed by atoms with Crippen LogP contribution in [0.15, 0.2) is 30.3 Å². The first-order chi connectivity index (χ1) is 14.8. The van der Waals surface area contributed by atoms with E-state index in [1.165, 1.54) is 10.4 Å². The molecule has 0 radical (unpaired) electrons. The molecule has 0 aliphatic carbocycles. The predicted molar refractivity (Wildman–Crippen MR) is 111 cm³/mol. The maximum Gasteiger partial charge on any atom is 0.410 e. The van der Waals surface area contributed by atoms with E-state index in [-0.39, 0.29) is 12.5 Å². The van der Waals surface area contributed by atoms with E-state index in [1.807, 2.05) is 44.2 Å². The van der Waals surface area contributed by atoms with E-state index in [0.717, 1.165) is 5.56 Å². The molecule has 0 saturated carbocycles. The zero-order valence-electron chi connectivity index (χ0n) is 17.8. The number of rotatable bonds is 9. The first-order valence-electron chi connectivity index (χ1n) is 10.3. The standard InChI is InChI=1S/C21H30N4O6/c1-14(2)11-16(19(27)22-12-18(26)24-30)23-20(28)17-9-6-10-25(17)21(29)31-13-15-7-4-3-5-8-15/h3-5,7-8,14,16-17,30H,6,9-13H2,1-2H3,(H,22,27)(H,23,28)(H,24,26). The number of benzene rings is 1. The Balaban J connectivity index is 1.96. The lowest BCUT2D eigenvalue weighted by Crippen LogP contribution is -2.54. The predicted octanol–water partition coefficient (Wildman–Crippen LogP) is 0.940. The molecule has 1 aliphatic heterocycles. The Morgan fingerprint density at radius 3 is 2.55 bits per heavy atom. The number of ether oxygens (including phenoxy) is 1. The molecule has 2 rings (SSSR count). The second kappa shape index (κ2) is 11.9. The van der Waals surface area contributed by atoms with Crippen molar-refractivity contribution < 1.29 is 29.1 Å². The molecular formula is C21H30N4O6. The van der Waals surface area contributed by atoms with Crippen molar-refractivity contribution in [1.82, 2.24) is 21.0 Å². The highest BCUT2D eigenvalue weighted by molar-refractivity contribution is 5.93. The Bertz CT molecular complexity index is 770. The minimum atomic E-state index is -0.873. The average molecular weight is 434 g/mol. The maximum absolute atomic E-state index is 12.9. The van der Waals surface area contributed by atoms with Crippen molar-refractivity contribution >= 4 is 23.8 Å². The smallest absolute Gasteiger partial charge is 0.410 e. The molecule has 10 nitrogen and oxygen atoms in total. The van der Waals surface area contributed by atoms with Gasteiger partial charge in [-0.3, -0.25) is 24.5 Å². The molecule has 1 heterocycles. The Hall–Kier alpha value is -3.14. The van der Waals surface area contributed by atoms with Crippen molar-refractivity contribution in [3.8, 4) is 0 Å². The van der Waals surface area contributed by atoms with Gasteiger partial charge in [-0.15, -0.1) is 0 Å². The number of nitrogens with one attached hydrogen (secondary N) is 3. The zero-order chi connectivity index (χ0) is 22.8. The van der Waals surface area contributed by atoms with Crippen molar-refractivity contribution in [3.63, 3.8) is 0 Å². The van der Waals surface area contributed by atoms with Crippen LogP contribution in [0.5, 0.6) is 0 Å². The van der Waals surface area contributed by atoms with Gasteiger partial charge in [-0.25, -0.2) is 10.3 Å². The SMILES string of the molecule is CC(C)CC(NC(=O)C1CCCN1C(=O)OCc1ccccc1)C(=O)NCC(=O)NO. The van der Waals surface area contributed by atoms with Gasteiger partial charge in [0.25, 0.3) is 5.91 Å². The van der Waals surface area contributed by atoms with Crippen LogP contribution in [-0.2, 0) is 25.7 Å². The van der Waals surface area contributed by atoms with Crippen LogP contribution in [0.3, 0.4) is 0 Å². The fraction of sp³-hybridized carbons (Fsp3) is 0.524. The topological polar surface area (TPSA) is 137 Å². The molecular weight excluding hydrogens is 404 g/mol. The highest BCUT2D eigenvalue weighted by atomic mass is 16.6. The van der Waals surface area contributed by atoms with Crippen LogP contribution in [0.2, 0.25) is 0 Å². The van der Waals surface area contributed by atoms with Gasteiger partial charge >= 0.3 is 6.09 Å². The molecule has 1 aliphatic rings. The normalized spacial score (nSPS) is 16.5.